The van der Waals surface area contributed by atoms with Gasteiger partial charge in [-0.3, -0.25) is 9.52 Å². The molecule has 4 rings (SSSR count). The highest BCUT2D eigenvalue weighted by atomic mass is 35.5. The van der Waals surface area contributed by atoms with Crippen LogP contribution in [-0.4, -0.2) is 14.3 Å². The Labute approximate surface area is 217 Å². The van der Waals surface area contributed by atoms with E-state index in [9.17, 15) is 13.2 Å². The molecule has 0 bridgehead atoms. The summed E-state index contributed by atoms with van der Waals surface area (Å²) in [6, 6.07) is 26.7. The van der Waals surface area contributed by atoms with Gasteiger partial charge in [-0.25, -0.2) is 8.42 Å². The summed E-state index contributed by atoms with van der Waals surface area (Å²) in [5.74, 6) is -0.410. The number of halogens is 1. The summed E-state index contributed by atoms with van der Waals surface area (Å²) >= 11 is 6.28. The van der Waals surface area contributed by atoms with Gasteiger partial charge < -0.3 is 5.32 Å². The van der Waals surface area contributed by atoms with Gasteiger partial charge in [-0.05, 0) is 67.3 Å². The zero-order valence-electron chi connectivity index (χ0n) is 20.2. The van der Waals surface area contributed by atoms with Crippen molar-refractivity contribution in [2.45, 2.75) is 31.7 Å². The van der Waals surface area contributed by atoms with Crippen LogP contribution in [-0.2, 0) is 10.0 Å². The summed E-state index contributed by atoms with van der Waals surface area (Å²) in [4.78, 5) is 13.2. The fourth-order valence-corrected chi connectivity index (χ4v) is 5.75. The minimum atomic E-state index is -4.04. The van der Waals surface area contributed by atoms with Crippen LogP contribution in [0.5, 0.6) is 0 Å². The number of benzene rings is 4. The highest BCUT2D eigenvalue weighted by Gasteiger charge is 2.23. The van der Waals surface area contributed by atoms with Gasteiger partial charge in [0.25, 0.3) is 15.9 Å². The van der Waals surface area contributed by atoms with E-state index in [0.29, 0.717) is 5.69 Å². The first-order chi connectivity index (χ1) is 17.2. The number of anilines is 1. The number of carbonyl (C=O) groups excluding carboxylic acids is 1. The van der Waals surface area contributed by atoms with Crippen LogP contribution in [0.3, 0.4) is 0 Å². The highest BCUT2D eigenvalue weighted by Crippen LogP contribution is 2.28. The number of aryl methyl sites for hydroxylation is 3. The van der Waals surface area contributed by atoms with Crippen molar-refractivity contribution in [2.75, 3.05) is 4.72 Å². The van der Waals surface area contributed by atoms with E-state index in [1.807, 2.05) is 87.5 Å². The van der Waals surface area contributed by atoms with E-state index >= 15 is 0 Å². The molecule has 0 saturated carbocycles. The normalized spacial score (nSPS) is 12.1. The third-order valence-electron chi connectivity index (χ3n) is 6.02. The lowest BCUT2D eigenvalue weighted by Crippen LogP contribution is -2.30. The summed E-state index contributed by atoms with van der Waals surface area (Å²) in [6.07, 6.45) is 0. The largest absolute Gasteiger partial charge is 0.341 e. The van der Waals surface area contributed by atoms with E-state index in [2.05, 4.69) is 10.0 Å². The van der Waals surface area contributed by atoms with Crippen LogP contribution < -0.4 is 10.0 Å². The molecule has 4 aromatic rings. The molecule has 36 heavy (non-hydrogen) atoms. The maximum Gasteiger partial charge on any atom is 0.263 e. The Morgan fingerprint density at radius 1 is 0.806 bits per heavy atom. The summed E-state index contributed by atoms with van der Waals surface area (Å²) in [5, 5.41) is 3.10. The minimum Gasteiger partial charge on any atom is -0.341 e. The second-order valence-electron chi connectivity index (χ2n) is 8.74. The topological polar surface area (TPSA) is 75.3 Å². The zero-order valence-corrected chi connectivity index (χ0v) is 21.8. The molecule has 4 aromatic carbocycles. The molecule has 0 fully saturated rings. The summed E-state index contributed by atoms with van der Waals surface area (Å²) in [7, 11) is -4.04. The number of sulfonamides is 1. The summed E-state index contributed by atoms with van der Waals surface area (Å²) < 4.78 is 29.0. The van der Waals surface area contributed by atoms with Crippen LogP contribution in [0, 0.1) is 20.8 Å². The molecule has 0 aliphatic heterocycles. The van der Waals surface area contributed by atoms with Gasteiger partial charge in [0.15, 0.2) is 0 Å². The Morgan fingerprint density at radius 2 is 1.50 bits per heavy atom. The van der Waals surface area contributed by atoms with Crippen molar-refractivity contribution in [1.29, 1.82) is 0 Å². The van der Waals surface area contributed by atoms with Gasteiger partial charge in [0.05, 0.1) is 16.8 Å². The van der Waals surface area contributed by atoms with Crippen LogP contribution in [0.15, 0.2) is 95.9 Å². The van der Waals surface area contributed by atoms with E-state index in [-0.39, 0.29) is 15.5 Å². The molecular weight excluding hydrogens is 492 g/mol. The minimum absolute atomic E-state index is 0.0299. The molecule has 0 aromatic heterocycles. The molecular formula is C29H27ClN2O3S. The monoisotopic (exact) mass is 518 g/mol. The first-order valence-corrected chi connectivity index (χ1v) is 13.3. The van der Waals surface area contributed by atoms with Crippen molar-refractivity contribution in [3.8, 4) is 0 Å². The zero-order chi connectivity index (χ0) is 25.9. The van der Waals surface area contributed by atoms with Crippen molar-refractivity contribution >= 4 is 33.2 Å². The Hall–Kier alpha value is -3.61. The fraction of sp³-hybridized carbons (Fsp3) is 0.138. The molecule has 0 heterocycles. The first kappa shape index (κ1) is 25.5. The van der Waals surface area contributed by atoms with Crippen molar-refractivity contribution in [3.05, 3.63) is 129 Å². The van der Waals surface area contributed by atoms with Gasteiger partial charge >= 0.3 is 0 Å². The maximum atomic E-state index is 13.4. The van der Waals surface area contributed by atoms with Gasteiger partial charge in [-0.1, -0.05) is 83.9 Å². The molecule has 0 saturated heterocycles. The van der Waals surface area contributed by atoms with Crippen LogP contribution >= 0.6 is 11.6 Å². The lowest BCUT2D eigenvalue weighted by molar-refractivity contribution is 0.0942. The lowest BCUT2D eigenvalue weighted by atomic mass is 9.94. The molecule has 0 aliphatic rings. The Bertz CT molecular complexity index is 1520. The smallest absolute Gasteiger partial charge is 0.263 e. The molecule has 1 atom stereocenters. The number of amides is 1. The first-order valence-electron chi connectivity index (χ1n) is 11.5. The number of nitrogens with one attached hydrogen (secondary N) is 2. The standard InChI is InChI=1S/C29H27ClN2O3S/c1-19-13-16-26(21(3)17-19)32-36(34,35)27-18-23(14-15-25(27)30)29(33)31-28(22-10-5-4-6-11-22)24-12-8-7-9-20(24)2/h4-18,28,32H,1-3H3,(H,31,33)/t28-/m1/s1. The van der Waals surface area contributed by atoms with Gasteiger partial charge in [0, 0.05) is 5.56 Å². The van der Waals surface area contributed by atoms with Crippen molar-refractivity contribution in [3.63, 3.8) is 0 Å². The summed E-state index contributed by atoms with van der Waals surface area (Å²) in [5.41, 5.74) is 5.35. The second kappa shape index (κ2) is 10.6. The highest BCUT2D eigenvalue weighted by molar-refractivity contribution is 7.92. The predicted molar refractivity (Wildman–Crippen MR) is 145 cm³/mol. The molecule has 0 unspecified atom stereocenters. The van der Waals surface area contributed by atoms with E-state index in [1.165, 1.54) is 18.2 Å². The molecule has 0 spiro atoms. The number of hydrogen-bond donors (Lipinski definition) is 2. The fourth-order valence-electron chi connectivity index (χ4n) is 4.09. The molecule has 1 amide bonds. The molecule has 0 radical (unpaired) electrons. The van der Waals surface area contributed by atoms with Crippen LogP contribution in [0.1, 0.15) is 44.2 Å². The average molecular weight is 519 g/mol. The molecule has 184 valence electrons. The summed E-state index contributed by atoms with van der Waals surface area (Å²) in [6.45, 7) is 5.75. The van der Waals surface area contributed by atoms with Crippen molar-refractivity contribution in [2.24, 2.45) is 0 Å². The van der Waals surface area contributed by atoms with Gasteiger partial charge in [-0.15, -0.1) is 0 Å². The Balaban J connectivity index is 1.67. The third-order valence-corrected chi connectivity index (χ3v) is 7.86. The van der Waals surface area contributed by atoms with Crippen LogP contribution in [0.2, 0.25) is 5.02 Å². The SMILES string of the molecule is Cc1ccc(NS(=O)(=O)c2cc(C(=O)N[C@H](c3ccccc3)c3ccccc3C)ccc2Cl)c(C)c1. The van der Waals surface area contributed by atoms with Crippen LogP contribution in [0.4, 0.5) is 5.69 Å². The lowest BCUT2D eigenvalue weighted by Gasteiger charge is -2.22. The Kier molecular flexibility index (Phi) is 7.48. The molecule has 7 heteroatoms. The van der Waals surface area contributed by atoms with E-state index in [4.69, 9.17) is 11.6 Å². The van der Waals surface area contributed by atoms with E-state index in [0.717, 1.165) is 27.8 Å². The predicted octanol–water partition coefficient (Wildman–Crippen LogP) is 6.59. The number of carbonyl (C=O) groups is 1. The second-order valence-corrected chi connectivity index (χ2v) is 10.8. The van der Waals surface area contributed by atoms with Crippen molar-refractivity contribution < 1.29 is 13.2 Å². The number of rotatable bonds is 7. The van der Waals surface area contributed by atoms with Crippen molar-refractivity contribution in [1.82, 2.24) is 5.32 Å². The van der Waals surface area contributed by atoms with Gasteiger partial charge in [-0.2, -0.15) is 0 Å². The molecule has 5 nitrogen and oxygen atoms in total. The quantitative estimate of drug-likeness (QED) is 0.290. The van der Waals surface area contributed by atoms with E-state index in [1.54, 1.807) is 6.07 Å². The average Bonchev–Trinajstić information content (AvgIpc) is 2.85. The number of hydrogen-bond acceptors (Lipinski definition) is 3. The van der Waals surface area contributed by atoms with Gasteiger partial charge in [0.2, 0.25) is 0 Å². The van der Waals surface area contributed by atoms with Gasteiger partial charge in [0.1, 0.15) is 4.90 Å². The maximum absolute atomic E-state index is 13.4. The van der Waals surface area contributed by atoms with Crippen LogP contribution in [0.25, 0.3) is 0 Å². The van der Waals surface area contributed by atoms with E-state index < -0.39 is 22.0 Å². The molecule has 2 N–H and O–H groups in total. The third kappa shape index (κ3) is 5.61. The molecule has 0 aliphatic carbocycles. The Morgan fingerprint density at radius 3 is 2.19 bits per heavy atom.